The van der Waals surface area contributed by atoms with E-state index in [1.807, 2.05) is 45.0 Å². The van der Waals surface area contributed by atoms with Crippen LogP contribution in [0.5, 0.6) is 11.6 Å². The highest BCUT2D eigenvalue weighted by Gasteiger charge is 2.08. The minimum Gasteiger partial charge on any atom is -0.439 e. The maximum atomic E-state index is 5.76. The van der Waals surface area contributed by atoms with Crippen molar-refractivity contribution in [3.05, 3.63) is 41.7 Å². The van der Waals surface area contributed by atoms with E-state index in [-0.39, 0.29) is 5.92 Å². The van der Waals surface area contributed by atoms with E-state index in [0.717, 1.165) is 11.3 Å². The zero-order valence-electron chi connectivity index (χ0n) is 10.8. The number of ether oxygens (including phenoxy) is 1. The highest BCUT2D eigenvalue weighted by molar-refractivity contribution is 5.38. The second kappa shape index (κ2) is 5.04. The van der Waals surface area contributed by atoms with Crippen LogP contribution < -0.4 is 10.5 Å². The summed E-state index contributed by atoms with van der Waals surface area (Å²) < 4.78 is 5.75. The topological polar surface area (TPSA) is 61.0 Å². The molecule has 0 bridgehead atoms. The summed E-state index contributed by atoms with van der Waals surface area (Å²) in [5, 5.41) is 0. The van der Waals surface area contributed by atoms with Gasteiger partial charge in [0.2, 0.25) is 5.88 Å². The molecule has 0 aliphatic carbocycles. The van der Waals surface area contributed by atoms with Crippen molar-refractivity contribution in [2.75, 3.05) is 5.73 Å². The standard InChI is InChI=1S/C14H17N3O/c1-9(2)14-16-12(15)8-13(17-14)18-11-7-5-4-6-10(11)3/h4-9H,1-3H3,(H2,15,16,17). The zero-order chi connectivity index (χ0) is 13.1. The molecule has 1 aromatic heterocycles. The zero-order valence-corrected chi connectivity index (χ0v) is 10.8. The van der Waals surface area contributed by atoms with Crippen molar-refractivity contribution in [3.8, 4) is 11.6 Å². The molecule has 1 heterocycles. The number of aryl methyl sites for hydroxylation is 1. The van der Waals surface area contributed by atoms with Crippen LogP contribution in [0, 0.1) is 6.92 Å². The number of para-hydroxylation sites is 1. The van der Waals surface area contributed by atoms with E-state index in [4.69, 9.17) is 10.5 Å². The first-order chi connectivity index (χ1) is 8.56. The van der Waals surface area contributed by atoms with Gasteiger partial charge >= 0.3 is 0 Å². The molecule has 4 nitrogen and oxygen atoms in total. The Morgan fingerprint density at radius 2 is 1.89 bits per heavy atom. The number of aromatic nitrogens is 2. The van der Waals surface area contributed by atoms with Crippen molar-refractivity contribution < 1.29 is 4.74 Å². The normalized spacial score (nSPS) is 10.7. The lowest BCUT2D eigenvalue weighted by atomic mass is 10.2. The summed E-state index contributed by atoms with van der Waals surface area (Å²) in [6.07, 6.45) is 0. The summed E-state index contributed by atoms with van der Waals surface area (Å²) in [4.78, 5) is 8.54. The van der Waals surface area contributed by atoms with Gasteiger partial charge in [-0.1, -0.05) is 32.0 Å². The molecule has 0 amide bonds. The molecule has 2 rings (SSSR count). The number of nitrogen functional groups attached to an aromatic ring is 1. The summed E-state index contributed by atoms with van der Waals surface area (Å²) in [5.41, 5.74) is 6.81. The van der Waals surface area contributed by atoms with Gasteiger partial charge in [-0.15, -0.1) is 0 Å². The number of benzene rings is 1. The van der Waals surface area contributed by atoms with Gasteiger partial charge < -0.3 is 10.5 Å². The molecule has 94 valence electrons. The Labute approximate surface area is 107 Å². The van der Waals surface area contributed by atoms with Crippen molar-refractivity contribution in [2.24, 2.45) is 0 Å². The van der Waals surface area contributed by atoms with Gasteiger partial charge in [-0.2, -0.15) is 4.98 Å². The van der Waals surface area contributed by atoms with Crippen LogP contribution in [0.2, 0.25) is 0 Å². The molecule has 4 heteroatoms. The molecule has 0 atom stereocenters. The third kappa shape index (κ3) is 2.77. The Balaban J connectivity index is 2.32. The fourth-order valence-electron chi connectivity index (χ4n) is 1.56. The van der Waals surface area contributed by atoms with Gasteiger partial charge in [-0.3, -0.25) is 0 Å². The molecule has 18 heavy (non-hydrogen) atoms. The molecule has 0 spiro atoms. The Morgan fingerprint density at radius 3 is 2.56 bits per heavy atom. The molecule has 1 aromatic carbocycles. The maximum absolute atomic E-state index is 5.76. The van der Waals surface area contributed by atoms with Crippen LogP contribution in [0.3, 0.4) is 0 Å². The molecular weight excluding hydrogens is 226 g/mol. The molecule has 0 aliphatic heterocycles. The van der Waals surface area contributed by atoms with Gasteiger partial charge in [-0.25, -0.2) is 4.98 Å². The maximum Gasteiger partial charge on any atom is 0.224 e. The molecule has 0 radical (unpaired) electrons. The summed E-state index contributed by atoms with van der Waals surface area (Å²) in [7, 11) is 0. The van der Waals surface area contributed by atoms with Crippen LogP contribution in [0.25, 0.3) is 0 Å². The largest absolute Gasteiger partial charge is 0.439 e. The highest BCUT2D eigenvalue weighted by Crippen LogP contribution is 2.25. The second-order valence-corrected chi connectivity index (χ2v) is 4.51. The van der Waals surface area contributed by atoms with Crippen LogP contribution in [0.4, 0.5) is 5.82 Å². The van der Waals surface area contributed by atoms with E-state index in [2.05, 4.69) is 9.97 Å². The van der Waals surface area contributed by atoms with E-state index in [1.54, 1.807) is 6.07 Å². The van der Waals surface area contributed by atoms with Gasteiger partial charge in [0.25, 0.3) is 0 Å². The summed E-state index contributed by atoms with van der Waals surface area (Å²) in [6, 6.07) is 9.43. The molecule has 2 N–H and O–H groups in total. The Hall–Kier alpha value is -2.10. The third-order valence-corrected chi connectivity index (χ3v) is 2.56. The van der Waals surface area contributed by atoms with E-state index >= 15 is 0 Å². The van der Waals surface area contributed by atoms with Crippen LogP contribution >= 0.6 is 0 Å². The van der Waals surface area contributed by atoms with Crippen molar-refractivity contribution >= 4 is 5.82 Å². The Kier molecular flexibility index (Phi) is 3.46. The lowest BCUT2D eigenvalue weighted by molar-refractivity contribution is 0.454. The number of nitrogens with two attached hydrogens (primary N) is 1. The van der Waals surface area contributed by atoms with Crippen molar-refractivity contribution in [2.45, 2.75) is 26.7 Å². The lowest BCUT2D eigenvalue weighted by Crippen LogP contribution is -2.03. The minimum absolute atomic E-state index is 0.215. The molecule has 0 aliphatic rings. The van der Waals surface area contributed by atoms with Crippen molar-refractivity contribution in [3.63, 3.8) is 0 Å². The minimum atomic E-state index is 0.215. The molecule has 2 aromatic rings. The predicted molar refractivity (Wildman–Crippen MR) is 71.8 cm³/mol. The van der Waals surface area contributed by atoms with Crippen LogP contribution in [0.1, 0.15) is 31.2 Å². The molecular formula is C14H17N3O. The SMILES string of the molecule is Cc1ccccc1Oc1cc(N)nc(C(C)C)n1. The lowest BCUT2D eigenvalue weighted by Gasteiger charge is -2.10. The summed E-state index contributed by atoms with van der Waals surface area (Å²) >= 11 is 0. The quantitative estimate of drug-likeness (QED) is 0.898. The monoisotopic (exact) mass is 243 g/mol. The number of rotatable bonds is 3. The number of nitrogens with zero attached hydrogens (tertiary/aromatic N) is 2. The van der Waals surface area contributed by atoms with Crippen LogP contribution in [-0.2, 0) is 0 Å². The van der Waals surface area contributed by atoms with Crippen molar-refractivity contribution in [1.29, 1.82) is 0 Å². The number of anilines is 1. The fourth-order valence-corrected chi connectivity index (χ4v) is 1.56. The highest BCUT2D eigenvalue weighted by atomic mass is 16.5. The summed E-state index contributed by atoms with van der Waals surface area (Å²) in [5.74, 6) is 2.61. The average Bonchev–Trinajstić information content (AvgIpc) is 2.31. The van der Waals surface area contributed by atoms with Gasteiger partial charge in [0, 0.05) is 12.0 Å². The van der Waals surface area contributed by atoms with Crippen molar-refractivity contribution in [1.82, 2.24) is 9.97 Å². The smallest absolute Gasteiger partial charge is 0.224 e. The molecule has 0 saturated carbocycles. The summed E-state index contributed by atoms with van der Waals surface area (Å²) in [6.45, 7) is 6.03. The van der Waals surface area contributed by atoms with E-state index in [0.29, 0.717) is 17.5 Å². The molecule has 0 unspecified atom stereocenters. The molecule has 0 fully saturated rings. The number of hydrogen-bond acceptors (Lipinski definition) is 4. The first kappa shape index (κ1) is 12.4. The predicted octanol–water partition coefficient (Wildman–Crippen LogP) is 3.28. The Morgan fingerprint density at radius 1 is 1.17 bits per heavy atom. The fraction of sp³-hybridized carbons (Fsp3) is 0.286. The first-order valence-corrected chi connectivity index (χ1v) is 5.94. The third-order valence-electron chi connectivity index (χ3n) is 2.56. The number of hydrogen-bond donors (Lipinski definition) is 1. The second-order valence-electron chi connectivity index (χ2n) is 4.51. The Bertz CT molecular complexity index is 552. The molecule has 0 saturated heterocycles. The van der Waals surface area contributed by atoms with Gasteiger partial charge in [0.05, 0.1) is 0 Å². The average molecular weight is 243 g/mol. The van der Waals surface area contributed by atoms with E-state index in [9.17, 15) is 0 Å². The van der Waals surface area contributed by atoms with E-state index in [1.165, 1.54) is 0 Å². The van der Waals surface area contributed by atoms with Gasteiger partial charge in [-0.05, 0) is 18.6 Å². The van der Waals surface area contributed by atoms with E-state index < -0.39 is 0 Å². The van der Waals surface area contributed by atoms with Gasteiger partial charge in [0.15, 0.2) is 0 Å². The van der Waals surface area contributed by atoms with Crippen LogP contribution in [0.15, 0.2) is 30.3 Å². The van der Waals surface area contributed by atoms with Crippen LogP contribution in [-0.4, -0.2) is 9.97 Å². The first-order valence-electron chi connectivity index (χ1n) is 5.94. The van der Waals surface area contributed by atoms with Gasteiger partial charge in [0.1, 0.15) is 17.4 Å².